The van der Waals surface area contributed by atoms with Crippen molar-refractivity contribution in [3.8, 4) is 0 Å². The molecule has 0 saturated carbocycles. The second-order valence-electron chi connectivity index (χ2n) is 4.50. The van der Waals surface area contributed by atoms with Crippen LogP contribution in [0.4, 0.5) is 0 Å². The fourth-order valence-electron chi connectivity index (χ4n) is 1.79. The predicted molar refractivity (Wildman–Crippen MR) is 73.2 cm³/mol. The summed E-state index contributed by atoms with van der Waals surface area (Å²) in [6, 6.07) is 0. The van der Waals surface area contributed by atoms with E-state index in [1.54, 1.807) is 6.92 Å². The van der Waals surface area contributed by atoms with Gasteiger partial charge in [0, 0.05) is 24.1 Å². The molecule has 3 nitrogen and oxygen atoms in total. The molecule has 0 aromatic heterocycles. The Balaban J connectivity index is 3.95. The van der Waals surface area contributed by atoms with Gasteiger partial charge in [-0.1, -0.05) is 20.4 Å². The predicted octanol–water partition coefficient (Wildman–Crippen LogP) is 3.68. The summed E-state index contributed by atoms with van der Waals surface area (Å²) in [7, 11) is -2.02. The van der Waals surface area contributed by atoms with Crippen LogP contribution in [0.5, 0.6) is 0 Å². The van der Waals surface area contributed by atoms with Gasteiger partial charge in [-0.05, 0) is 26.2 Å². The van der Waals surface area contributed by atoms with Crippen LogP contribution in [-0.4, -0.2) is 31.1 Å². The van der Waals surface area contributed by atoms with E-state index in [0.717, 1.165) is 25.2 Å². The summed E-state index contributed by atoms with van der Waals surface area (Å²) in [5.74, 6) is -0.356. The van der Waals surface area contributed by atoms with Gasteiger partial charge in [-0.3, -0.25) is 0 Å². The molecule has 0 amide bonds. The van der Waals surface area contributed by atoms with Crippen molar-refractivity contribution in [3.63, 3.8) is 0 Å². The smallest absolute Gasteiger partial charge is 0.333 e. The number of ether oxygens (including phenoxy) is 1. The summed E-state index contributed by atoms with van der Waals surface area (Å²) in [6.45, 7) is 9.61. The molecule has 4 heteroatoms. The van der Waals surface area contributed by atoms with Crippen LogP contribution >= 0.6 is 7.14 Å². The van der Waals surface area contributed by atoms with E-state index >= 15 is 0 Å². The zero-order valence-electron chi connectivity index (χ0n) is 11.3. The van der Waals surface area contributed by atoms with Crippen LogP contribution in [0.15, 0.2) is 12.2 Å². The lowest BCUT2D eigenvalue weighted by Crippen LogP contribution is -2.08. The van der Waals surface area contributed by atoms with Gasteiger partial charge in [-0.25, -0.2) is 4.79 Å². The van der Waals surface area contributed by atoms with E-state index in [4.69, 9.17) is 4.74 Å². The van der Waals surface area contributed by atoms with Gasteiger partial charge in [0.25, 0.3) is 0 Å². The molecule has 0 atom stereocenters. The summed E-state index contributed by atoms with van der Waals surface area (Å²) in [4.78, 5) is 11.1. The number of esters is 1. The van der Waals surface area contributed by atoms with E-state index in [1.807, 2.05) is 0 Å². The molecule has 0 fully saturated rings. The first-order chi connectivity index (χ1) is 7.95. The summed E-state index contributed by atoms with van der Waals surface area (Å²) >= 11 is 0. The third kappa shape index (κ3) is 7.38. The molecule has 0 aromatic carbocycles. The summed E-state index contributed by atoms with van der Waals surface area (Å²) in [5.41, 5.74) is 0.412. The van der Waals surface area contributed by atoms with E-state index in [2.05, 4.69) is 20.4 Å². The molecule has 100 valence electrons. The zero-order valence-corrected chi connectivity index (χ0v) is 12.2. The average Bonchev–Trinajstić information content (AvgIpc) is 2.24. The maximum atomic E-state index is 12.4. The van der Waals surface area contributed by atoms with Crippen LogP contribution in [0.25, 0.3) is 0 Å². The molecule has 0 N–H and O–H groups in total. The van der Waals surface area contributed by atoms with Crippen molar-refractivity contribution in [3.05, 3.63) is 12.2 Å². The molecule has 0 aromatic rings. The van der Waals surface area contributed by atoms with Gasteiger partial charge in [-0.2, -0.15) is 0 Å². The first kappa shape index (κ1) is 16.4. The van der Waals surface area contributed by atoms with Gasteiger partial charge in [0.15, 0.2) is 0 Å². The second-order valence-corrected chi connectivity index (χ2v) is 7.96. The minimum atomic E-state index is -2.02. The van der Waals surface area contributed by atoms with Crippen LogP contribution < -0.4 is 0 Å². The number of carbonyl (C=O) groups excluding carboxylic acids is 1. The van der Waals surface area contributed by atoms with Crippen LogP contribution in [0, 0.1) is 0 Å². The molecule has 0 bridgehead atoms. The molecule has 0 unspecified atom stereocenters. The molecule has 0 radical (unpaired) electrons. The number of hydrogen-bond donors (Lipinski definition) is 0. The Hall–Kier alpha value is -0.560. The van der Waals surface area contributed by atoms with Gasteiger partial charge < -0.3 is 9.30 Å². The van der Waals surface area contributed by atoms with Gasteiger partial charge in [0.1, 0.15) is 0 Å². The van der Waals surface area contributed by atoms with Crippen molar-refractivity contribution in [2.45, 2.75) is 40.0 Å². The van der Waals surface area contributed by atoms with Crippen molar-refractivity contribution < 1.29 is 14.1 Å². The van der Waals surface area contributed by atoms with Crippen molar-refractivity contribution >= 4 is 13.1 Å². The lowest BCUT2D eigenvalue weighted by atomic mass is 10.4. The average molecular weight is 260 g/mol. The normalized spacial score (nSPS) is 11.2. The Morgan fingerprint density at radius 1 is 1.18 bits per heavy atom. The highest BCUT2D eigenvalue weighted by atomic mass is 31.2. The summed E-state index contributed by atoms with van der Waals surface area (Å²) < 4.78 is 17.4. The van der Waals surface area contributed by atoms with Crippen molar-refractivity contribution in [1.29, 1.82) is 0 Å². The highest BCUT2D eigenvalue weighted by Gasteiger charge is 2.19. The van der Waals surface area contributed by atoms with Crippen molar-refractivity contribution in [2.24, 2.45) is 0 Å². The molecular weight excluding hydrogens is 235 g/mol. The molecule has 0 aliphatic heterocycles. The highest BCUT2D eigenvalue weighted by molar-refractivity contribution is 7.63. The minimum absolute atomic E-state index is 0.350. The lowest BCUT2D eigenvalue weighted by molar-refractivity contribution is -0.138. The SMILES string of the molecule is C=C(C)C(=O)OCCCP(=O)(CCC)CCC. The maximum Gasteiger partial charge on any atom is 0.333 e. The molecule has 0 heterocycles. The lowest BCUT2D eigenvalue weighted by Gasteiger charge is -2.16. The Morgan fingerprint density at radius 3 is 2.12 bits per heavy atom. The van der Waals surface area contributed by atoms with E-state index < -0.39 is 7.14 Å². The van der Waals surface area contributed by atoms with E-state index in [9.17, 15) is 9.36 Å². The highest BCUT2D eigenvalue weighted by Crippen LogP contribution is 2.47. The number of rotatable bonds is 9. The standard InChI is InChI=1S/C13H25O3P/c1-5-9-17(15,10-6-2)11-7-8-16-13(14)12(3)4/h3,5-11H2,1-2,4H3. The fraction of sp³-hybridized carbons (Fsp3) is 0.769. The second kappa shape index (κ2) is 8.52. The summed E-state index contributed by atoms with van der Waals surface area (Å²) in [5, 5.41) is 0. The maximum absolute atomic E-state index is 12.4. The topological polar surface area (TPSA) is 43.4 Å². The van der Waals surface area contributed by atoms with E-state index in [1.165, 1.54) is 0 Å². The Kier molecular flexibility index (Phi) is 8.24. The summed E-state index contributed by atoms with van der Waals surface area (Å²) in [6.07, 6.45) is 4.94. The Morgan fingerprint density at radius 2 is 1.71 bits per heavy atom. The number of carbonyl (C=O) groups is 1. The van der Waals surface area contributed by atoms with Gasteiger partial charge in [-0.15, -0.1) is 0 Å². The Labute approximate surface area is 105 Å². The molecule has 0 aliphatic rings. The van der Waals surface area contributed by atoms with E-state index in [0.29, 0.717) is 24.8 Å². The van der Waals surface area contributed by atoms with Gasteiger partial charge in [0.05, 0.1) is 13.7 Å². The monoisotopic (exact) mass is 260 g/mol. The zero-order chi connectivity index (χ0) is 13.3. The molecule has 17 heavy (non-hydrogen) atoms. The number of hydrogen-bond acceptors (Lipinski definition) is 3. The Bertz CT molecular complexity index is 287. The molecule has 0 saturated heterocycles. The largest absolute Gasteiger partial charge is 0.462 e. The molecule has 0 rings (SSSR count). The van der Waals surface area contributed by atoms with Gasteiger partial charge in [0.2, 0.25) is 0 Å². The minimum Gasteiger partial charge on any atom is -0.462 e. The van der Waals surface area contributed by atoms with E-state index in [-0.39, 0.29) is 5.97 Å². The van der Waals surface area contributed by atoms with Crippen molar-refractivity contribution in [1.82, 2.24) is 0 Å². The molecule has 0 aliphatic carbocycles. The third-order valence-corrected chi connectivity index (χ3v) is 6.21. The first-order valence-electron chi connectivity index (χ1n) is 6.35. The quantitative estimate of drug-likeness (QED) is 0.275. The van der Waals surface area contributed by atoms with Crippen LogP contribution in [0.2, 0.25) is 0 Å². The van der Waals surface area contributed by atoms with Crippen LogP contribution in [0.1, 0.15) is 40.0 Å². The first-order valence-corrected chi connectivity index (χ1v) is 8.61. The molecular formula is C13H25O3P. The van der Waals surface area contributed by atoms with Crippen molar-refractivity contribution in [2.75, 3.05) is 25.1 Å². The van der Waals surface area contributed by atoms with Gasteiger partial charge >= 0.3 is 5.97 Å². The van der Waals surface area contributed by atoms with Crippen LogP contribution in [-0.2, 0) is 14.1 Å². The fourth-order valence-corrected chi connectivity index (χ4v) is 4.80. The third-order valence-electron chi connectivity index (χ3n) is 2.55. The van der Waals surface area contributed by atoms with Crippen LogP contribution in [0.3, 0.4) is 0 Å². The molecule has 0 spiro atoms.